The fourth-order valence-corrected chi connectivity index (χ4v) is 3.22. The molecular formula is C23H27N3O5. The van der Waals surface area contributed by atoms with E-state index in [1.54, 1.807) is 36.1 Å². The van der Waals surface area contributed by atoms with Gasteiger partial charge in [-0.3, -0.25) is 25.2 Å². The Bertz CT molecular complexity index is 927. The summed E-state index contributed by atoms with van der Waals surface area (Å²) in [5.74, 6) is -0.358. The molecule has 2 atom stereocenters. The molecule has 3 rings (SSSR count). The number of nitrogens with one attached hydrogen (secondary N) is 2. The zero-order valence-electron chi connectivity index (χ0n) is 17.9. The zero-order valence-corrected chi connectivity index (χ0v) is 17.9. The number of hydrogen-bond donors (Lipinski definition) is 2. The monoisotopic (exact) mass is 425 g/mol. The highest BCUT2D eigenvalue weighted by atomic mass is 16.5. The fraction of sp³-hybridized carbons (Fsp3) is 0.348. The van der Waals surface area contributed by atoms with Gasteiger partial charge in [0.25, 0.3) is 5.91 Å². The van der Waals surface area contributed by atoms with Crippen LogP contribution < -0.4 is 25.2 Å². The number of rotatable bonds is 7. The van der Waals surface area contributed by atoms with Gasteiger partial charge in [0.1, 0.15) is 11.5 Å². The molecule has 1 fully saturated rings. The lowest BCUT2D eigenvalue weighted by Gasteiger charge is -2.18. The molecule has 0 aliphatic carbocycles. The maximum absolute atomic E-state index is 12.4. The van der Waals surface area contributed by atoms with E-state index in [9.17, 15) is 14.4 Å². The molecule has 1 aliphatic heterocycles. The Kier molecular flexibility index (Phi) is 7.12. The summed E-state index contributed by atoms with van der Waals surface area (Å²) in [5.41, 5.74) is 6.62. The van der Waals surface area contributed by atoms with Gasteiger partial charge in [0.05, 0.1) is 12.5 Å². The van der Waals surface area contributed by atoms with Gasteiger partial charge in [-0.2, -0.15) is 0 Å². The summed E-state index contributed by atoms with van der Waals surface area (Å²) in [6, 6.07) is 14.5. The summed E-state index contributed by atoms with van der Waals surface area (Å²) in [5, 5.41) is 0. The molecule has 0 spiro atoms. The van der Waals surface area contributed by atoms with Crippen LogP contribution in [0.15, 0.2) is 48.5 Å². The lowest BCUT2D eigenvalue weighted by molar-refractivity contribution is -0.134. The first kappa shape index (κ1) is 22.1. The van der Waals surface area contributed by atoms with E-state index in [1.165, 1.54) is 0 Å². The molecule has 0 saturated carbocycles. The first-order valence-corrected chi connectivity index (χ1v) is 10.2. The Hall–Kier alpha value is -3.55. The van der Waals surface area contributed by atoms with Gasteiger partial charge >= 0.3 is 0 Å². The number of nitrogens with zero attached hydrogens (tertiary/aromatic N) is 1. The van der Waals surface area contributed by atoms with Crippen LogP contribution in [-0.2, 0) is 14.4 Å². The second kappa shape index (κ2) is 9.97. The van der Waals surface area contributed by atoms with Crippen LogP contribution >= 0.6 is 0 Å². The molecule has 164 valence electrons. The molecule has 0 radical (unpaired) electrons. The van der Waals surface area contributed by atoms with Crippen molar-refractivity contribution in [3.8, 4) is 11.5 Å². The molecule has 2 aromatic carbocycles. The smallest absolute Gasteiger partial charge is 0.279 e. The molecule has 8 nitrogen and oxygen atoms in total. The van der Waals surface area contributed by atoms with Crippen LogP contribution in [0.25, 0.3) is 0 Å². The van der Waals surface area contributed by atoms with Crippen molar-refractivity contribution in [2.75, 3.05) is 18.1 Å². The summed E-state index contributed by atoms with van der Waals surface area (Å²) >= 11 is 0. The number of hydrogen-bond acceptors (Lipinski definition) is 5. The first-order valence-electron chi connectivity index (χ1n) is 10.2. The third-order valence-electron chi connectivity index (χ3n) is 4.97. The molecule has 2 N–H and O–H groups in total. The maximum atomic E-state index is 12.4. The normalized spacial score (nSPS) is 16.5. The van der Waals surface area contributed by atoms with E-state index in [0.29, 0.717) is 18.1 Å². The molecule has 1 aliphatic rings. The van der Waals surface area contributed by atoms with Crippen LogP contribution in [0.4, 0.5) is 5.69 Å². The average Bonchev–Trinajstić information content (AvgIpc) is 3.15. The molecule has 2 aromatic rings. The molecule has 0 bridgehead atoms. The van der Waals surface area contributed by atoms with E-state index in [1.807, 2.05) is 38.1 Å². The average molecular weight is 425 g/mol. The molecular weight excluding hydrogens is 398 g/mol. The topological polar surface area (TPSA) is 97.0 Å². The minimum atomic E-state index is -0.826. The van der Waals surface area contributed by atoms with Crippen molar-refractivity contribution in [3.63, 3.8) is 0 Å². The van der Waals surface area contributed by atoms with Gasteiger partial charge in [-0.05, 0) is 57.2 Å². The number of anilines is 1. The van der Waals surface area contributed by atoms with E-state index in [2.05, 4.69) is 10.9 Å². The predicted molar refractivity (Wildman–Crippen MR) is 116 cm³/mol. The van der Waals surface area contributed by atoms with Crippen molar-refractivity contribution in [1.82, 2.24) is 10.9 Å². The highest BCUT2D eigenvalue weighted by molar-refractivity contribution is 6.00. The Balaban J connectivity index is 1.47. The molecule has 0 unspecified atom stereocenters. The van der Waals surface area contributed by atoms with E-state index < -0.39 is 23.8 Å². The first-order chi connectivity index (χ1) is 14.9. The van der Waals surface area contributed by atoms with Crippen LogP contribution in [0.1, 0.15) is 25.8 Å². The summed E-state index contributed by atoms with van der Waals surface area (Å²) in [7, 11) is 0. The molecule has 1 saturated heterocycles. The molecule has 1 heterocycles. The quantitative estimate of drug-likeness (QED) is 0.664. The van der Waals surface area contributed by atoms with Crippen LogP contribution in [0.3, 0.4) is 0 Å². The van der Waals surface area contributed by atoms with Crippen LogP contribution in [-0.4, -0.2) is 37.0 Å². The van der Waals surface area contributed by atoms with Crippen molar-refractivity contribution in [3.05, 3.63) is 54.1 Å². The summed E-state index contributed by atoms with van der Waals surface area (Å²) in [6.07, 6.45) is -0.735. The number of amides is 3. The van der Waals surface area contributed by atoms with Crippen LogP contribution in [0.2, 0.25) is 0 Å². The second-order valence-corrected chi connectivity index (χ2v) is 7.38. The van der Waals surface area contributed by atoms with Crippen LogP contribution in [0, 0.1) is 12.8 Å². The molecule has 8 heteroatoms. The van der Waals surface area contributed by atoms with Crippen LogP contribution in [0.5, 0.6) is 11.5 Å². The number of benzene rings is 2. The third kappa shape index (κ3) is 5.75. The lowest BCUT2D eigenvalue weighted by atomic mass is 10.1. The number of hydrazine groups is 1. The fourth-order valence-electron chi connectivity index (χ4n) is 3.22. The molecule has 3 amide bonds. The van der Waals surface area contributed by atoms with Gasteiger partial charge in [-0.15, -0.1) is 0 Å². The Labute approximate surface area is 181 Å². The molecule has 0 aromatic heterocycles. The number of ether oxygens (including phenoxy) is 2. The van der Waals surface area contributed by atoms with E-state index >= 15 is 0 Å². The second-order valence-electron chi connectivity index (χ2n) is 7.38. The van der Waals surface area contributed by atoms with Gasteiger partial charge in [0.2, 0.25) is 11.8 Å². The number of aryl methyl sites for hydroxylation is 1. The predicted octanol–water partition coefficient (Wildman–Crippen LogP) is 2.36. The minimum absolute atomic E-state index is 0.0911. The Morgan fingerprint density at radius 3 is 2.35 bits per heavy atom. The van der Waals surface area contributed by atoms with Gasteiger partial charge in [0.15, 0.2) is 6.10 Å². The summed E-state index contributed by atoms with van der Waals surface area (Å²) in [4.78, 5) is 38.6. The zero-order chi connectivity index (χ0) is 22.4. The SMILES string of the molecule is CCOc1ccc(O[C@@H](C)C(=O)NNC(=O)[C@@H]2CC(=O)N(c3ccc(C)cc3)C2)cc1. The third-order valence-corrected chi connectivity index (χ3v) is 4.97. The number of carbonyl (C=O) groups excluding carboxylic acids is 3. The maximum Gasteiger partial charge on any atom is 0.279 e. The largest absolute Gasteiger partial charge is 0.494 e. The Morgan fingerprint density at radius 1 is 1.06 bits per heavy atom. The van der Waals surface area contributed by atoms with Gasteiger partial charge in [-0.1, -0.05) is 17.7 Å². The van der Waals surface area contributed by atoms with Crippen molar-refractivity contribution in [2.45, 2.75) is 33.3 Å². The van der Waals surface area contributed by atoms with E-state index in [-0.39, 0.29) is 18.9 Å². The highest BCUT2D eigenvalue weighted by Gasteiger charge is 2.35. The van der Waals surface area contributed by atoms with Gasteiger partial charge < -0.3 is 14.4 Å². The van der Waals surface area contributed by atoms with Crippen molar-refractivity contribution in [1.29, 1.82) is 0 Å². The summed E-state index contributed by atoms with van der Waals surface area (Å²) < 4.78 is 11.0. The highest BCUT2D eigenvalue weighted by Crippen LogP contribution is 2.25. The van der Waals surface area contributed by atoms with E-state index in [0.717, 1.165) is 11.3 Å². The summed E-state index contributed by atoms with van der Waals surface area (Å²) in [6.45, 7) is 6.27. The molecule has 31 heavy (non-hydrogen) atoms. The van der Waals surface area contributed by atoms with E-state index in [4.69, 9.17) is 9.47 Å². The number of carbonyl (C=O) groups is 3. The van der Waals surface area contributed by atoms with Gasteiger partial charge in [0, 0.05) is 18.7 Å². The minimum Gasteiger partial charge on any atom is -0.494 e. The van der Waals surface area contributed by atoms with Crippen molar-refractivity contribution >= 4 is 23.4 Å². The van der Waals surface area contributed by atoms with Crippen molar-refractivity contribution in [2.24, 2.45) is 5.92 Å². The Morgan fingerprint density at radius 2 is 1.71 bits per heavy atom. The van der Waals surface area contributed by atoms with Gasteiger partial charge in [-0.25, -0.2) is 0 Å². The van der Waals surface area contributed by atoms with Crippen molar-refractivity contribution < 1.29 is 23.9 Å². The standard InChI is InChI=1S/C23H27N3O5/c1-4-30-19-9-11-20(12-10-19)31-16(3)22(28)24-25-23(29)17-13-21(27)26(14-17)18-7-5-15(2)6-8-18/h5-12,16-17H,4,13-14H2,1-3H3,(H,24,28)(H,25,29)/t16-,17+/m0/s1. The lowest BCUT2D eigenvalue weighted by Crippen LogP contribution is -2.49.